The molecular weight excluding hydrogens is 396 g/mol. The number of thiol groups is 1. The Morgan fingerprint density at radius 1 is 0.767 bits per heavy atom. The molecule has 0 radical (unpaired) electrons. The van der Waals surface area contributed by atoms with Crippen LogP contribution in [-0.4, -0.2) is 19.2 Å². The smallest absolute Gasteiger partial charge is 0.329 e. The Morgan fingerprint density at radius 2 is 1.40 bits per heavy atom. The zero-order valence-corrected chi connectivity index (χ0v) is 17.6. The number of urea groups is 1. The summed E-state index contributed by atoms with van der Waals surface area (Å²) < 4.78 is 12.7. The van der Waals surface area contributed by atoms with Gasteiger partial charge in [0, 0.05) is 6.07 Å². The molecule has 0 fully saturated rings. The molecule has 30 heavy (non-hydrogen) atoms. The number of primary amides is 1. The maximum absolute atomic E-state index is 11.2. The van der Waals surface area contributed by atoms with Crippen LogP contribution in [0.15, 0.2) is 78.9 Å². The lowest BCUT2D eigenvalue weighted by atomic mass is 10.1. The maximum atomic E-state index is 11.2. The van der Waals surface area contributed by atoms with E-state index < -0.39 is 6.03 Å². The maximum Gasteiger partial charge on any atom is 0.329 e. The number of amides is 2. The number of nitrogens with zero attached hydrogens (tertiary/aromatic N) is 1. The molecular formula is C24H26N2O3S. The molecule has 0 heterocycles. The highest BCUT2D eigenvalue weighted by atomic mass is 32.1. The van der Waals surface area contributed by atoms with Gasteiger partial charge >= 0.3 is 6.03 Å². The molecule has 0 atom stereocenters. The third-order valence-electron chi connectivity index (χ3n) is 4.56. The Labute approximate surface area is 183 Å². The van der Waals surface area contributed by atoms with Crippen LogP contribution in [-0.2, 0) is 0 Å². The predicted octanol–water partition coefficient (Wildman–Crippen LogP) is 5.71. The second kappa shape index (κ2) is 11.2. The summed E-state index contributed by atoms with van der Waals surface area (Å²) in [6.45, 7) is 1.27. The molecule has 2 amide bonds. The van der Waals surface area contributed by atoms with Crippen LogP contribution < -0.4 is 19.5 Å². The van der Waals surface area contributed by atoms with E-state index in [1.54, 1.807) is 18.2 Å². The predicted molar refractivity (Wildman–Crippen MR) is 124 cm³/mol. The van der Waals surface area contributed by atoms with Gasteiger partial charge in [-0.3, -0.25) is 0 Å². The van der Waals surface area contributed by atoms with E-state index in [9.17, 15) is 4.79 Å². The molecule has 0 aliphatic carbocycles. The van der Waals surface area contributed by atoms with Gasteiger partial charge in [0.25, 0.3) is 0 Å². The van der Waals surface area contributed by atoms with Crippen molar-refractivity contribution in [1.29, 1.82) is 0 Å². The van der Waals surface area contributed by atoms with Crippen molar-refractivity contribution in [2.75, 3.05) is 17.5 Å². The fourth-order valence-electron chi connectivity index (χ4n) is 2.97. The number of carbonyl (C=O) groups is 1. The van der Waals surface area contributed by atoms with Crippen LogP contribution >= 0.6 is 12.8 Å². The number of anilines is 1. The number of unbranched alkanes of at least 4 members (excludes halogenated alkanes) is 2. The van der Waals surface area contributed by atoms with Crippen molar-refractivity contribution >= 4 is 24.5 Å². The highest BCUT2D eigenvalue weighted by Crippen LogP contribution is 2.23. The summed E-state index contributed by atoms with van der Waals surface area (Å²) in [6, 6.07) is 25.0. The van der Waals surface area contributed by atoms with Crippen LogP contribution in [0.2, 0.25) is 0 Å². The number of nitrogens with two attached hydrogens (primary N) is 1. The Hall–Kier alpha value is -3.12. The third kappa shape index (κ3) is 6.46. The summed E-state index contributed by atoms with van der Waals surface area (Å²) in [4.78, 5) is 11.2. The first-order chi connectivity index (χ1) is 14.6. The summed E-state index contributed by atoms with van der Waals surface area (Å²) in [6.07, 6.45) is 2.87. The molecule has 0 aliphatic rings. The number of carbonyl (C=O) groups excluding carboxylic acids is 1. The Bertz CT molecular complexity index is 933. The van der Waals surface area contributed by atoms with Crippen LogP contribution in [0.1, 0.15) is 19.3 Å². The molecule has 5 nitrogen and oxygen atoms in total. The molecule has 3 rings (SSSR count). The molecule has 0 spiro atoms. The topological polar surface area (TPSA) is 64.8 Å². The standard InChI is InChI=1S/C24H26N2O3S/c25-24(27)26(30)21-10-7-11-23(18-21)29-17-6-2-5-16-28-22-14-12-20(13-15-22)19-8-3-1-4-9-19/h1,3-4,7-15,18,30H,2,5-6,16-17H2,(H2,25,27). The van der Waals surface area contributed by atoms with Crippen LogP contribution in [0.25, 0.3) is 11.1 Å². The molecule has 156 valence electrons. The van der Waals surface area contributed by atoms with Crippen LogP contribution in [0.4, 0.5) is 10.5 Å². The Kier molecular flexibility index (Phi) is 8.03. The normalized spacial score (nSPS) is 10.4. The lowest BCUT2D eigenvalue weighted by molar-refractivity contribution is 0.257. The van der Waals surface area contributed by atoms with Crippen LogP contribution in [0.5, 0.6) is 11.5 Å². The van der Waals surface area contributed by atoms with Crippen molar-refractivity contribution < 1.29 is 14.3 Å². The van der Waals surface area contributed by atoms with Crippen molar-refractivity contribution in [3.63, 3.8) is 0 Å². The molecule has 0 saturated heterocycles. The average Bonchev–Trinajstić information content (AvgIpc) is 2.79. The van der Waals surface area contributed by atoms with Crippen molar-refractivity contribution in [1.82, 2.24) is 0 Å². The molecule has 3 aromatic carbocycles. The van der Waals surface area contributed by atoms with Crippen LogP contribution in [0.3, 0.4) is 0 Å². The summed E-state index contributed by atoms with van der Waals surface area (Å²) in [5, 5.41) is 0. The highest BCUT2D eigenvalue weighted by molar-refractivity contribution is 7.82. The van der Waals surface area contributed by atoms with Gasteiger partial charge in [0.05, 0.1) is 18.9 Å². The third-order valence-corrected chi connectivity index (χ3v) is 4.99. The Morgan fingerprint density at radius 3 is 2.07 bits per heavy atom. The number of benzene rings is 3. The molecule has 6 heteroatoms. The van der Waals surface area contributed by atoms with Crippen LogP contribution in [0, 0.1) is 0 Å². The number of rotatable bonds is 10. The first-order valence-corrected chi connectivity index (χ1v) is 10.3. The minimum atomic E-state index is -0.634. The minimum Gasteiger partial charge on any atom is -0.494 e. The van der Waals surface area contributed by atoms with Gasteiger partial charge in [-0.25, -0.2) is 9.10 Å². The molecule has 0 aliphatic heterocycles. The highest BCUT2D eigenvalue weighted by Gasteiger charge is 2.08. The van der Waals surface area contributed by atoms with E-state index in [1.807, 2.05) is 36.4 Å². The summed E-state index contributed by atoms with van der Waals surface area (Å²) in [7, 11) is 0. The molecule has 0 bridgehead atoms. The average molecular weight is 423 g/mol. The van der Waals surface area contributed by atoms with E-state index in [-0.39, 0.29) is 0 Å². The fraction of sp³-hybridized carbons (Fsp3) is 0.208. The van der Waals surface area contributed by atoms with Gasteiger partial charge in [-0.1, -0.05) is 61.3 Å². The van der Waals surface area contributed by atoms with Crippen molar-refractivity contribution in [2.24, 2.45) is 5.73 Å². The fourth-order valence-corrected chi connectivity index (χ4v) is 3.09. The molecule has 0 aromatic heterocycles. The van der Waals surface area contributed by atoms with E-state index in [4.69, 9.17) is 15.2 Å². The van der Waals surface area contributed by atoms with E-state index in [0.29, 0.717) is 24.7 Å². The second-order valence-electron chi connectivity index (χ2n) is 6.80. The second-order valence-corrected chi connectivity index (χ2v) is 7.20. The molecule has 0 unspecified atom stereocenters. The molecule has 3 aromatic rings. The van der Waals surface area contributed by atoms with E-state index >= 15 is 0 Å². The Balaban J connectivity index is 1.32. The van der Waals surface area contributed by atoms with Crippen molar-refractivity contribution in [3.05, 3.63) is 78.9 Å². The zero-order chi connectivity index (χ0) is 21.2. The first kappa shape index (κ1) is 21.6. The largest absolute Gasteiger partial charge is 0.494 e. The number of ether oxygens (including phenoxy) is 2. The quantitative estimate of drug-likeness (QED) is 0.325. The molecule has 2 N–H and O–H groups in total. The van der Waals surface area contributed by atoms with Gasteiger partial charge in [0.15, 0.2) is 0 Å². The van der Waals surface area contributed by atoms with Gasteiger partial charge < -0.3 is 15.2 Å². The van der Waals surface area contributed by atoms with Gasteiger partial charge in [-0.15, -0.1) is 0 Å². The number of hydrogen-bond donors (Lipinski definition) is 2. The first-order valence-electron chi connectivity index (χ1n) is 9.93. The molecule has 0 saturated carbocycles. The van der Waals surface area contributed by atoms with Gasteiger partial charge in [-0.2, -0.15) is 0 Å². The monoisotopic (exact) mass is 422 g/mol. The van der Waals surface area contributed by atoms with Crippen molar-refractivity contribution in [3.8, 4) is 22.6 Å². The SMILES string of the molecule is NC(=O)N(S)c1cccc(OCCCCCOc2ccc(-c3ccccc3)cc2)c1. The summed E-state index contributed by atoms with van der Waals surface area (Å²) in [5.41, 5.74) is 8.18. The zero-order valence-electron chi connectivity index (χ0n) is 16.7. The lowest BCUT2D eigenvalue weighted by Crippen LogP contribution is -2.27. The number of hydrogen-bond acceptors (Lipinski definition) is 4. The van der Waals surface area contributed by atoms with Gasteiger partial charge in [-0.05, 0) is 54.7 Å². The summed E-state index contributed by atoms with van der Waals surface area (Å²) >= 11 is 4.05. The minimum absolute atomic E-state index is 0.579. The van der Waals surface area contributed by atoms with E-state index in [0.717, 1.165) is 29.3 Å². The van der Waals surface area contributed by atoms with Gasteiger partial charge in [0.1, 0.15) is 11.5 Å². The lowest BCUT2D eigenvalue weighted by Gasteiger charge is -2.14. The van der Waals surface area contributed by atoms with Crippen molar-refractivity contribution in [2.45, 2.75) is 19.3 Å². The van der Waals surface area contributed by atoms with Gasteiger partial charge in [0.2, 0.25) is 0 Å². The van der Waals surface area contributed by atoms with E-state index in [1.165, 1.54) is 11.1 Å². The summed E-state index contributed by atoms with van der Waals surface area (Å²) in [5.74, 6) is 1.57. The van der Waals surface area contributed by atoms with E-state index in [2.05, 4.69) is 37.1 Å².